The third kappa shape index (κ3) is 5.80. The number of hydrogen-bond donors (Lipinski definition) is 2. The summed E-state index contributed by atoms with van der Waals surface area (Å²) in [7, 11) is -1.12. The summed E-state index contributed by atoms with van der Waals surface area (Å²) in [6, 6.07) is 8.04. The number of nitrogens with one attached hydrogen (secondary N) is 2. The summed E-state index contributed by atoms with van der Waals surface area (Å²) in [4.78, 5) is 10.9. The molecule has 0 spiro atoms. The maximum atomic E-state index is 11.5. The van der Waals surface area contributed by atoms with Crippen LogP contribution in [0.3, 0.4) is 0 Å². The van der Waals surface area contributed by atoms with Crippen LogP contribution in [-0.2, 0) is 16.4 Å². The molecule has 1 fully saturated rings. The Labute approximate surface area is 166 Å². The lowest BCUT2D eigenvalue weighted by Gasteiger charge is -2.26. The molecule has 1 aromatic carbocycles. The van der Waals surface area contributed by atoms with Gasteiger partial charge in [-0.2, -0.15) is 0 Å². The Morgan fingerprint density at radius 2 is 1.93 bits per heavy atom. The number of sulfone groups is 1. The van der Waals surface area contributed by atoms with Crippen molar-refractivity contribution in [2.75, 3.05) is 44.7 Å². The van der Waals surface area contributed by atoms with Crippen LogP contribution in [0.25, 0.3) is 11.5 Å². The normalized spacial score (nSPS) is 17.4. The molecule has 0 saturated carbocycles. The van der Waals surface area contributed by atoms with Gasteiger partial charge < -0.3 is 15.1 Å². The first-order valence-corrected chi connectivity index (χ1v) is 11.2. The van der Waals surface area contributed by atoms with Crippen molar-refractivity contribution in [3.63, 3.8) is 0 Å². The minimum absolute atomic E-state index is 0.245. The van der Waals surface area contributed by atoms with Crippen LogP contribution in [0.5, 0.6) is 0 Å². The Kier molecular flexibility index (Phi) is 6.69. The number of nitrogens with zero attached hydrogens (tertiary/aromatic N) is 3. The lowest BCUT2D eigenvalue weighted by molar-refractivity contribution is 0.299. The molecular formula is C19H27N5O3S. The van der Waals surface area contributed by atoms with Gasteiger partial charge in [-0.1, -0.05) is 17.7 Å². The first-order chi connectivity index (χ1) is 13.4. The second-order valence-corrected chi connectivity index (χ2v) is 9.16. The SMILES string of the molecule is CN=C(NCCN1CCS(=O)(=O)CC1)NCc1coc(-c2ccc(C)cc2)n1. The number of benzene rings is 1. The minimum Gasteiger partial charge on any atom is -0.444 e. The minimum atomic E-state index is -2.84. The average molecular weight is 406 g/mol. The van der Waals surface area contributed by atoms with Crippen molar-refractivity contribution in [1.82, 2.24) is 20.5 Å². The highest BCUT2D eigenvalue weighted by Gasteiger charge is 2.20. The molecular weight excluding hydrogens is 378 g/mol. The Morgan fingerprint density at radius 1 is 1.21 bits per heavy atom. The highest BCUT2D eigenvalue weighted by atomic mass is 32.2. The molecule has 8 nitrogen and oxygen atoms in total. The molecule has 0 bridgehead atoms. The Balaban J connectivity index is 1.42. The zero-order chi connectivity index (χ0) is 20.0. The number of hydrogen-bond acceptors (Lipinski definition) is 6. The van der Waals surface area contributed by atoms with Crippen LogP contribution in [0.2, 0.25) is 0 Å². The highest BCUT2D eigenvalue weighted by molar-refractivity contribution is 7.91. The van der Waals surface area contributed by atoms with E-state index in [1.54, 1.807) is 13.3 Å². The van der Waals surface area contributed by atoms with Crippen molar-refractivity contribution >= 4 is 15.8 Å². The van der Waals surface area contributed by atoms with Crippen LogP contribution in [0.1, 0.15) is 11.3 Å². The smallest absolute Gasteiger partial charge is 0.226 e. The van der Waals surface area contributed by atoms with Gasteiger partial charge >= 0.3 is 0 Å². The molecule has 1 aromatic heterocycles. The largest absolute Gasteiger partial charge is 0.444 e. The predicted octanol–water partition coefficient (Wildman–Crippen LogP) is 1.05. The summed E-state index contributed by atoms with van der Waals surface area (Å²) in [6.07, 6.45) is 1.64. The Hall–Kier alpha value is -2.39. The fourth-order valence-corrected chi connectivity index (χ4v) is 4.19. The van der Waals surface area contributed by atoms with Crippen LogP contribution in [0.4, 0.5) is 0 Å². The molecule has 2 N–H and O–H groups in total. The number of rotatable bonds is 6. The van der Waals surface area contributed by atoms with E-state index in [1.807, 2.05) is 31.2 Å². The molecule has 1 aliphatic rings. The van der Waals surface area contributed by atoms with E-state index in [0.29, 0.717) is 38.0 Å². The summed E-state index contributed by atoms with van der Waals surface area (Å²) in [5.74, 6) is 1.76. The van der Waals surface area contributed by atoms with Gasteiger partial charge in [0.15, 0.2) is 15.8 Å². The van der Waals surface area contributed by atoms with Gasteiger partial charge in [-0.05, 0) is 19.1 Å². The van der Waals surface area contributed by atoms with Crippen molar-refractivity contribution < 1.29 is 12.8 Å². The second-order valence-electron chi connectivity index (χ2n) is 6.86. The van der Waals surface area contributed by atoms with Crippen molar-refractivity contribution in [3.8, 4) is 11.5 Å². The first-order valence-electron chi connectivity index (χ1n) is 9.34. The third-order valence-electron chi connectivity index (χ3n) is 4.67. The van der Waals surface area contributed by atoms with E-state index in [4.69, 9.17) is 4.42 Å². The quantitative estimate of drug-likeness (QED) is 0.547. The van der Waals surface area contributed by atoms with Crippen LogP contribution >= 0.6 is 0 Å². The van der Waals surface area contributed by atoms with Gasteiger partial charge in [-0.15, -0.1) is 0 Å². The van der Waals surface area contributed by atoms with Gasteiger partial charge in [0.25, 0.3) is 0 Å². The Bertz CT molecular complexity index is 892. The van der Waals surface area contributed by atoms with E-state index in [9.17, 15) is 8.42 Å². The van der Waals surface area contributed by atoms with Crippen LogP contribution in [0, 0.1) is 6.92 Å². The van der Waals surface area contributed by atoms with E-state index in [-0.39, 0.29) is 11.5 Å². The molecule has 3 rings (SSSR count). The van der Waals surface area contributed by atoms with Crippen molar-refractivity contribution in [3.05, 3.63) is 41.8 Å². The summed E-state index contributed by atoms with van der Waals surface area (Å²) >= 11 is 0. The molecule has 0 unspecified atom stereocenters. The standard InChI is InChI=1S/C19H27N5O3S/c1-15-3-5-16(6-4-15)18-23-17(14-27-18)13-22-19(20-2)21-7-8-24-9-11-28(25,26)12-10-24/h3-6,14H,7-13H2,1-2H3,(H2,20,21,22). The van der Waals surface area contributed by atoms with Crippen LogP contribution in [0.15, 0.2) is 39.9 Å². The van der Waals surface area contributed by atoms with Gasteiger partial charge in [0.05, 0.1) is 23.7 Å². The van der Waals surface area contributed by atoms with Crippen molar-refractivity contribution in [2.45, 2.75) is 13.5 Å². The molecule has 0 amide bonds. The van der Waals surface area contributed by atoms with Gasteiger partial charge in [-0.25, -0.2) is 13.4 Å². The molecule has 1 aliphatic heterocycles. The fraction of sp³-hybridized carbons (Fsp3) is 0.474. The summed E-state index contributed by atoms with van der Waals surface area (Å²) in [5, 5.41) is 6.45. The molecule has 9 heteroatoms. The molecule has 0 aliphatic carbocycles. The van der Waals surface area contributed by atoms with Crippen molar-refractivity contribution in [2.24, 2.45) is 4.99 Å². The van der Waals surface area contributed by atoms with E-state index in [1.165, 1.54) is 5.56 Å². The fourth-order valence-electron chi connectivity index (χ4n) is 2.92. The van der Waals surface area contributed by atoms with E-state index in [0.717, 1.165) is 17.8 Å². The molecule has 152 valence electrons. The number of aromatic nitrogens is 1. The molecule has 1 saturated heterocycles. The van der Waals surface area contributed by atoms with Gasteiger partial charge in [0.2, 0.25) is 5.89 Å². The maximum absolute atomic E-state index is 11.5. The third-order valence-corrected chi connectivity index (χ3v) is 6.28. The van der Waals surface area contributed by atoms with Crippen LogP contribution < -0.4 is 10.6 Å². The Morgan fingerprint density at radius 3 is 2.61 bits per heavy atom. The van der Waals surface area contributed by atoms with E-state index < -0.39 is 9.84 Å². The molecule has 28 heavy (non-hydrogen) atoms. The zero-order valence-corrected chi connectivity index (χ0v) is 17.1. The monoisotopic (exact) mass is 405 g/mol. The second kappa shape index (κ2) is 9.20. The summed E-state index contributed by atoms with van der Waals surface area (Å²) in [5.41, 5.74) is 2.93. The lowest BCUT2D eigenvalue weighted by Crippen LogP contribution is -2.45. The van der Waals surface area contributed by atoms with Gasteiger partial charge in [0.1, 0.15) is 6.26 Å². The highest BCUT2D eigenvalue weighted by Crippen LogP contribution is 2.18. The number of guanidine groups is 1. The predicted molar refractivity (Wildman–Crippen MR) is 110 cm³/mol. The number of aliphatic imine (C=N–C) groups is 1. The molecule has 0 atom stereocenters. The molecule has 0 radical (unpaired) electrons. The number of aryl methyl sites for hydroxylation is 1. The maximum Gasteiger partial charge on any atom is 0.226 e. The lowest BCUT2D eigenvalue weighted by atomic mass is 10.1. The topological polar surface area (TPSA) is 99.8 Å². The van der Waals surface area contributed by atoms with Gasteiger partial charge in [-0.3, -0.25) is 9.89 Å². The summed E-state index contributed by atoms with van der Waals surface area (Å²) < 4.78 is 28.5. The first kappa shape index (κ1) is 20.3. The number of oxazole rings is 1. The van der Waals surface area contributed by atoms with E-state index in [2.05, 4.69) is 25.5 Å². The average Bonchev–Trinajstić information content (AvgIpc) is 3.15. The molecule has 2 heterocycles. The summed E-state index contributed by atoms with van der Waals surface area (Å²) in [6.45, 7) is 5.19. The van der Waals surface area contributed by atoms with Gasteiger partial charge in [0, 0.05) is 38.8 Å². The van der Waals surface area contributed by atoms with E-state index >= 15 is 0 Å². The zero-order valence-electron chi connectivity index (χ0n) is 16.3. The van der Waals surface area contributed by atoms with Crippen LogP contribution in [-0.4, -0.2) is 69.0 Å². The van der Waals surface area contributed by atoms with Crippen molar-refractivity contribution in [1.29, 1.82) is 0 Å². The molecule has 2 aromatic rings.